The third kappa shape index (κ3) is 4.02. The van der Waals surface area contributed by atoms with E-state index in [0.29, 0.717) is 6.04 Å². The van der Waals surface area contributed by atoms with Crippen LogP contribution in [0.5, 0.6) is 0 Å². The van der Waals surface area contributed by atoms with E-state index in [1.165, 1.54) is 18.5 Å². The van der Waals surface area contributed by atoms with Gasteiger partial charge in [0.05, 0.1) is 17.9 Å². The first kappa shape index (κ1) is 14.0. The van der Waals surface area contributed by atoms with Crippen LogP contribution in [0.3, 0.4) is 0 Å². The van der Waals surface area contributed by atoms with Gasteiger partial charge in [-0.1, -0.05) is 6.07 Å². The lowest BCUT2D eigenvalue weighted by Gasteiger charge is -2.19. The van der Waals surface area contributed by atoms with Gasteiger partial charge in [0.1, 0.15) is 0 Å². The fraction of sp³-hybridized carbons (Fsp3) is 0.412. The SMILES string of the molecule is Cc1cccc(CN(C)c2ccnc(CNC3CC3)c2)n1. The van der Waals surface area contributed by atoms with Crippen LogP contribution in [0.2, 0.25) is 0 Å². The lowest BCUT2D eigenvalue weighted by atomic mass is 10.2. The summed E-state index contributed by atoms with van der Waals surface area (Å²) in [4.78, 5) is 11.2. The molecule has 0 bridgehead atoms. The summed E-state index contributed by atoms with van der Waals surface area (Å²) in [6, 6.07) is 11.1. The van der Waals surface area contributed by atoms with Crippen molar-refractivity contribution in [2.24, 2.45) is 0 Å². The Bertz CT molecular complexity index is 607. The van der Waals surface area contributed by atoms with E-state index in [-0.39, 0.29) is 0 Å². The molecule has 4 nitrogen and oxygen atoms in total. The molecule has 0 spiro atoms. The minimum Gasteiger partial charge on any atom is -0.369 e. The van der Waals surface area contributed by atoms with Gasteiger partial charge in [-0.3, -0.25) is 9.97 Å². The molecule has 21 heavy (non-hydrogen) atoms. The highest BCUT2D eigenvalue weighted by molar-refractivity contribution is 5.46. The van der Waals surface area contributed by atoms with E-state index in [1.54, 1.807) is 0 Å². The molecule has 0 atom stereocenters. The number of aromatic nitrogens is 2. The van der Waals surface area contributed by atoms with Crippen LogP contribution in [0.4, 0.5) is 5.69 Å². The number of nitrogens with zero attached hydrogens (tertiary/aromatic N) is 3. The molecule has 2 heterocycles. The maximum atomic E-state index is 4.56. The van der Waals surface area contributed by atoms with Crippen molar-refractivity contribution in [1.29, 1.82) is 0 Å². The Morgan fingerprint density at radius 2 is 2.10 bits per heavy atom. The number of nitrogens with one attached hydrogen (secondary N) is 1. The summed E-state index contributed by atoms with van der Waals surface area (Å²) >= 11 is 0. The maximum absolute atomic E-state index is 4.56. The zero-order chi connectivity index (χ0) is 14.7. The van der Waals surface area contributed by atoms with Crippen LogP contribution in [0.1, 0.15) is 29.9 Å². The van der Waals surface area contributed by atoms with Crippen molar-refractivity contribution in [3.8, 4) is 0 Å². The van der Waals surface area contributed by atoms with Gasteiger partial charge in [0.25, 0.3) is 0 Å². The number of pyridine rings is 2. The van der Waals surface area contributed by atoms with Crippen molar-refractivity contribution in [1.82, 2.24) is 15.3 Å². The van der Waals surface area contributed by atoms with E-state index in [1.807, 2.05) is 19.2 Å². The Kier molecular flexibility index (Phi) is 4.15. The van der Waals surface area contributed by atoms with E-state index in [4.69, 9.17) is 0 Å². The summed E-state index contributed by atoms with van der Waals surface area (Å²) < 4.78 is 0. The van der Waals surface area contributed by atoms with Crippen LogP contribution < -0.4 is 10.2 Å². The van der Waals surface area contributed by atoms with Gasteiger partial charge in [0.15, 0.2) is 0 Å². The fourth-order valence-corrected chi connectivity index (χ4v) is 2.36. The molecule has 4 heteroatoms. The van der Waals surface area contributed by atoms with E-state index >= 15 is 0 Å². The predicted octanol–water partition coefficient (Wildman–Crippen LogP) is 2.67. The van der Waals surface area contributed by atoms with Crippen LogP contribution in [0.15, 0.2) is 36.5 Å². The molecule has 1 N–H and O–H groups in total. The first-order chi connectivity index (χ1) is 10.2. The van der Waals surface area contributed by atoms with Crippen LogP contribution in [0.25, 0.3) is 0 Å². The van der Waals surface area contributed by atoms with Gasteiger partial charge < -0.3 is 10.2 Å². The second-order valence-electron chi connectivity index (χ2n) is 5.79. The number of rotatable bonds is 6. The van der Waals surface area contributed by atoms with E-state index in [2.05, 4.69) is 51.5 Å². The first-order valence-electron chi connectivity index (χ1n) is 7.53. The van der Waals surface area contributed by atoms with E-state index < -0.39 is 0 Å². The summed E-state index contributed by atoms with van der Waals surface area (Å²) in [6.07, 6.45) is 4.50. The zero-order valence-corrected chi connectivity index (χ0v) is 12.7. The van der Waals surface area contributed by atoms with Gasteiger partial charge in [0.2, 0.25) is 0 Å². The predicted molar refractivity (Wildman–Crippen MR) is 85.2 cm³/mol. The highest BCUT2D eigenvalue weighted by Crippen LogP contribution is 2.20. The minimum atomic E-state index is 0.713. The van der Waals surface area contributed by atoms with Gasteiger partial charge in [0, 0.05) is 37.2 Å². The summed E-state index contributed by atoms with van der Waals surface area (Å²) in [7, 11) is 2.09. The summed E-state index contributed by atoms with van der Waals surface area (Å²) in [5.41, 5.74) is 4.43. The number of hydrogen-bond donors (Lipinski definition) is 1. The minimum absolute atomic E-state index is 0.713. The topological polar surface area (TPSA) is 41.1 Å². The molecule has 0 aromatic carbocycles. The van der Waals surface area contributed by atoms with Crippen molar-refractivity contribution in [2.75, 3.05) is 11.9 Å². The largest absolute Gasteiger partial charge is 0.369 e. The fourth-order valence-electron chi connectivity index (χ4n) is 2.36. The van der Waals surface area contributed by atoms with Crippen LogP contribution in [0, 0.1) is 6.92 Å². The Balaban J connectivity index is 1.65. The Morgan fingerprint density at radius 3 is 2.86 bits per heavy atom. The van der Waals surface area contributed by atoms with Crippen molar-refractivity contribution in [3.05, 3.63) is 53.6 Å². The molecular weight excluding hydrogens is 260 g/mol. The molecule has 0 saturated heterocycles. The van der Waals surface area contributed by atoms with E-state index in [9.17, 15) is 0 Å². The van der Waals surface area contributed by atoms with Crippen molar-refractivity contribution in [2.45, 2.75) is 38.9 Å². The molecule has 0 radical (unpaired) electrons. The maximum Gasteiger partial charge on any atom is 0.0600 e. The van der Waals surface area contributed by atoms with Gasteiger partial charge in [-0.2, -0.15) is 0 Å². The summed E-state index contributed by atoms with van der Waals surface area (Å²) in [5.74, 6) is 0. The van der Waals surface area contributed by atoms with Crippen LogP contribution in [-0.4, -0.2) is 23.1 Å². The highest BCUT2D eigenvalue weighted by Gasteiger charge is 2.20. The zero-order valence-electron chi connectivity index (χ0n) is 12.7. The molecular formula is C17H22N4. The highest BCUT2D eigenvalue weighted by atomic mass is 15.1. The quantitative estimate of drug-likeness (QED) is 0.884. The van der Waals surface area contributed by atoms with Crippen molar-refractivity contribution >= 4 is 5.69 Å². The summed E-state index contributed by atoms with van der Waals surface area (Å²) in [5, 5.41) is 3.50. The normalized spacial score (nSPS) is 14.2. The van der Waals surface area contributed by atoms with Crippen LogP contribution >= 0.6 is 0 Å². The van der Waals surface area contributed by atoms with Crippen molar-refractivity contribution < 1.29 is 0 Å². The van der Waals surface area contributed by atoms with Gasteiger partial charge in [-0.25, -0.2) is 0 Å². The monoisotopic (exact) mass is 282 g/mol. The lowest BCUT2D eigenvalue weighted by Crippen LogP contribution is -2.19. The molecule has 2 aromatic rings. The third-order valence-corrected chi connectivity index (χ3v) is 3.74. The molecule has 0 unspecified atom stereocenters. The Morgan fingerprint density at radius 1 is 1.24 bits per heavy atom. The molecule has 110 valence electrons. The number of anilines is 1. The van der Waals surface area contributed by atoms with Gasteiger partial charge in [-0.05, 0) is 44.0 Å². The second-order valence-corrected chi connectivity index (χ2v) is 5.79. The molecule has 1 saturated carbocycles. The smallest absolute Gasteiger partial charge is 0.0600 e. The molecule has 1 aliphatic carbocycles. The Hall–Kier alpha value is -1.94. The molecule has 1 aliphatic rings. The molecule has 1 fully saturated rings. The molecule has 0 amide bonds. The summed E-state index contributed by atoms with van der Waals surface area (Å²) in [6.45, 7) is 3.69. The average Bonchev–Trinajstić information content (AvgIpc) is 3.30. The molecule has 3 rings (SSSR count). The van der Waals surface area contributed by atoms with Gasteiger partial charge in [-0.15, -0.1) is 0 Å². The lowest BCUT2D eigenvalue weighted by molar-refractivity contribution is 0.674. The van der Waals surface area contributed by atoms with Gasteiger partial charge >= 0.3 is 0 Å². The Labute approximate surface area is 126 Å². The number of aryl methyl sites for hydroxylation is 1. The van der Waals surface area contributed by atoms with Crippen molar-refractivity contribution in [3.63, 3.8) is 0 Å². The second kappa shape index (κ2) is 6.22. The molecule has 2 aromatic heterocycles. The average molecular weight is 282 g/mol. The molecule has 0 aliphatic heterocycles. The van der Waals surface area contributed by atoms with Crippen LogP contribution in [-0.2, 0) is 13.1 Å². The third-order valence-electron chi connectivity index (χ3n) is 3.74. The standard InChI is InChI=1S/C17H22N4/c1-13-4-3-5-15(20-13)12-21(2)17-8-9-18-16(10-17)11-19-14-6-7-14/h3-5,8-10,14,19H,6-7,11-12H2,1-2H3. The number of hydrogen-bond acceptors (Lipinski definition) is 4. The van der Waals surface area contributed by atoms with E-state index in [0.717, 1.165) is 30.2 Å². The first-order valence-corrected chi connectivity index (χ1v) is 7.53.